The average molecular weight is 468 g/mol. The monoisotopic (exact) mass is 467 g/mol. The lowest BCUT2D eigenvalue weighted by Crippen LogP contribution is -2.52. The number of anilines is 1. The Morgan fingerprint density at radius 3 is 2.71 bits per heavy atom. The summed E-state index contributed by atoms with van der Waals surface area (Å²) >= 11 is 12.1. The third-order valence-corrected chi connectivity index (χ3v) is 6.88. The fourth-order valence-electron chi connectivity index (χ4n) is 5.35. The molecule has 1 fully saturated rings. The number of likely N-dealkylation sites (N-methyl/N-ethyl adjacent to an activating group) is 1. The van der Waals surface area contributed by atoms with E-state index in [1.165, 1.54) is 18.2 Å². The number of hydrogen-bond acceptors (Lipinski definition) is 5. The predicted molar refractivity (Wildman–Crippen MR) is 115 cm³/mol. The molecule has 31 heavy (non-hydrogen) atoms. The Morgan fingerprint density at radius 2 is 2.06 bits per heavy atom. The second-order valence-electron chi connectivity index (χ2n) is 7.67. The van der Waals surface area contributed by atoms with E-state index in [0.717, 1.165) is 0 Å². The number of halogens is 3. The van der Waals surface area contributed by atoms with E-state index in [4.69, 9.17) is 23.2 Å². The maximum atomic E-state index is 15.3. The Kier molecular flexibility index (Phi) is 5.68. The standard InChI is InChI=1S/C21H20Cl2FN3O4/c1-2-26-16(8-9-28)19(27(30)31)17(12-4-3-5-14(23)18(12)24)21(26)13-7-6-11(22)10-15(13)25-20(21)29/h3-7,10,16-17,19,28H,2,8-9H2,1H3,(H,25,29)/t16-,17-,19+,21+/m0/s1. The molecule has 0 unspecified atom stereocenters. The number of carbonyl (C=O) groups is 1. The number of nitrogens with one attached hydrogen (secondary N) is 1. The van der Waals surface area contributed by atoms with E-state index in [1.807, 2.05) is 0 Å². The van der Waals surface area contributed by atoms with E-state index < -0.39 is 40.2 Å². The van der Waals surface area contributed by atoms with Crippen LogP contribution >= 0.6 is 23.2 Å². The molecule has 2 aliphatic heterocycles. The zero-order valence-corrected chi connectivity index (χ0v) is 18.0. The van der Waals surface area contributed by atoms with Crippen LogP contribution in [0.25, 0.3) is 0 Å². The van der Waals surface area contributed by atoms with Crippen LogP contribution in [0.5, 0.6) is 0 Å². The molecule has 0 saturated carbocycles. The fraction of sp³-hybridized carbons (Fsp3) is 0.381. The summed E-state index contributed by atoms with van der Waals surface area (Å²) in [4.78, 5) is 27.2. The second-order valence-corrected chi connectivity index (χ2v) is 8.52. The van der Waals surface area contributed by atoms with Crippen molar-refractivity contribution in [2.45, 2.75) is 36.9 Å². The number of aliphatic hydroxyl groups excluding tert-OH is 1. The van der Waals surface area contributed by atoms with E-state index in [1.54, 1.807) is 30.0 Å². The summed E-state index contributed by atoms with van der Waals surface area (Å²) < 4.78 is 15.3. The molecule has 0 radical (unpaired) electrons. The summed E-state index contributed by atoms with van der Waals surface area (Å²) in [7, 11) is 0. The van der Waals surface area contributed by atoms with Crippen LogP contribution in [0, 0.1) is 15.9 Å². The Bertz CT molecular complexity index is 1070. The van der Waals surface area contributed by atoms with Gasteiger partial charge in [0.25, 0.3) is 5.91 Å². The molecular weight excluding hydrogens is 448 g/mol. The fourth-order valence-corrected chi connectivity index (χ4v) is 5.71. The summed E-state index contributed by atoms with van der Waals surface area (Å²) in [5.41, 5.74) is -0.654. The Balaban J connectivity index is 2.08. The zero-order valence-electron chi connectivity index (χ0n) is 16.5. The first-order chi connectivity index (χ1) is 14.8. The van der Waals surface area contributed by atoms with Gasteiger partial charge >= 0.3 is 0 Å². The molecular formula is C21H20Cl2FN3O4. The molecule has 2 aliphatic rings. The quantitative estimate of drug-likeness (QED) is 0.514. The Morgan fingerprint density at radius 1 is 1.32 bits per heavy atom. The van der Waals surface area contributed by atoms with Gasteiger partial charge in [0.2, 0.25) is 6.04 Å². The van der Waals surface area contributed by atoms with E-state index in [2.05, 4.69) is 5.32 Å². The molecule has 1 saturated heterocycles. The van der Waals surface area contributed by atoms with Gasteiger partial charge in [0.1, 0.15) is 11.4 Å². The highest BCUT2D eigenvalue weighted by molar-refractivity contribution is 6.31. The van der Waals surface area contributed by atoms with Crippen LogP contribution in [0.1, 0.15) is 30.4 Å². The van der Waals surface area contributed by atoms with Gasteiger partial charge in [-0.2, -0.15) is 0 Å². The third kappa shape index (κ3) is 3.04. The van der Waals surface area contributed by atoms with Gasteiger partial charge in [0.05, 0.1) is 17.0 Å². The molecule has 0 aromatic heterocycles. The summed E-state index contributed by atoms with van der Waals surface area (Å²) in [6.45, 7) is 1.73. The third-order valence-electron chi connectivity index (χ3n) is 6.35. The van der Waals surface area contributed by atoms with Crippen molar-refractivity contribution in [1.82, 2.24) is 4.90 Å². The minimum Gasteiger partial charge on any atom is -0.396 e. The van der Waals surface area contributed by atoms with Crippen LogP contribution in [0.2, 0.25) is 10.0 Å². The van der Waals surface area contributed by atoms with Crippen molar-refractivity contribution in [3.05, 3.63) is 73.5 Å². The normalized spacial score (nSPS) is 27.5. The predicted octanol–water partition coefficient (Wildman–Crippen LogP) is 3.80. The SMILES string of the molecule is CCN1[C@@H](CCO)[C@@H]([N+](=O)[O-])[C@H](c2cccc(Cl)c2F)[C@]12C(=O)Nc1cc(Cl)ccc12. The van der Waals surface area contributed by atoms with Crippen molar-refractivity contribution in [2.24, 2.45) is 0 Å². The first-order valence-electron chi connectivity index (χ1n) is 9.85. The molecule has 164 valence electrons. The molecule has 7 nitrogen and oxygen atoms in total. The topological polar surface area (TPSA) is 95.7 Å². The molecule has 2 aromatic carbocycles. The smallest absolute Gasteiger partial charge is 0.250 e. The minimum atomic E-state index is -1.56. The number of nitrogens with zero attached hydrogens (tertiary/aromatic N) is 2. The molecule has 1 amide bonds. The van der Waals surface area contributed by atoms with E-state index in [0.29, 0.717) is 16.3 Å². The lowest BCUT2D eigenvalue weighted by molar-refractivity contribution is -0.528. The van der Waals surface area contributed by atoms with Crippen LogP contribution in [0.4, 0.5) is 10.1 Å². The summed E-state index contributed by atoms with van der Waals surface area (Å²) in [6.07, 6.45) is 0.0517. The maximum Gasteiger partial charge on any atom is 0.250 e. The van der Waals surface area contributed by atoms with Gasteiger partial charge in [-0.1, -0.05) is 48.3 Å². The van der Waals surface area contributed by atoms with Gasteiger partial charge in [-0.05, 0) is 31.2 Å². The number of benzene rings is 2. The van der Waals surface area contributed by atoms with Gasteiger partial charge in [0.15, 0.2) is 0 Å². The van der Waals surface area contributed by atoms with Crippen molar-refractivity contribution in [3.8, 4) is 0 Å². The van der Waals surface area contributed by atoms with Gasteiger partial charge < -0.3 is 10.4 Å². The average Bonchev–Trinajstić information content (AvgIpc) is 3.16. The lowest BCUT2D eigenvalue weighted by Gasteiger charge is -2.38. The number of rotatable bonds is 5. The number of likely N-dealkylation sites (tertiary alicyclic amines) is 1. The van der Waals surface area contributed by atoms with Crippen LogP contribution in [0.15, 0.2) is 36.4 Å². The van der Waals surface area contributed by atoms with Crippen molar-refractivity contribution in [3.63, 3.8) is 0 Å². The molecule has 1 spiro atoms. The van der Waals surface area contributed by atoms with E-state index >= 15 is 4.39 Å². The number of carbonyl (C=O) groups excluding carboxylic acids is 1. The van der Waals surface area contributed by atoms with Gasteiger partial charge in [-0.25, -0.2) is 4.39 Å². The van der Waals surface area contributed by atoms with E-state index in [-0.39, 0.29) is 30.2 Å². The van der Waals surface area contributed by atoms with Crippen LogP contribution < -0.4 is 5.32 Å². The van der Waals surface area contributed by atoms with Crippen molar-refractivity contribution >= 4 is 34.8 Å². The first-order valence-corrected chi connectivity index (χ1v) is 10.6. The molecule has 2 aromatic rings. The lowest BCUT2D eigenvalue weighted by atomic mass is 9.73. The van der Waals surface area contributed by atoms with Crippen LogP contribution in [0.3, 0.4) is 0 Å². The minimum absolute atomic E-state index is 0.00830. The summed E-state index contributed by atoms with van der Waals surface area (Å²) in [6, 6.07) is 6.96. The highest BCUT2D eigenvalue weighted by Gasteiger charge is 2.70. The summed E-state index contributed by atoms with van der Waals surface area (Å²) in [5.74, 6) is -2.47. The molecule has 0 aliphatic carbocycles. The van der Waals surface area contributed by atoms with Crippen molar-refractivity contribution in [1.29, 1.82) is 0 Å². The first kappa shape index (κ1) is 22.0. The second kappa shape index (κ2) is 8.02. The Labute approximate surface area is 187 Å². The van der Waals surface area contributed by atoms with Gasteiger partial charge in [-0.3, -0.25) is 19.8 Å². The van der Waals surface area contributed by atoms with Crippen LogP contribution in [-0.4, -0.2) is 46.1 Å². The number of hydrogen-bond donors (Lipinski definition) is 2. The molecule has 2 heterocycles. The van der Waals surface area contributed by atoms with E-state index in [9.17, 15) is 20.0 Å². The number of fused-ring (bicyclic) bond motifs is 2. The van der Waals surface area contributed by atoms with Crippen LogP contribution in [-0.2, 0) is 10.3 Å². The largest absolute Gasteiger partial charge is 0.396 e. The van der Waals surface area contributed by atoms with Crippen molar-refractivity contribution in [2.75, 3.05) is 18.5 Å². The van der Waals surface area contributed by atoms with Gasteiger partial charge in [-0.15, -0.1) is 0 Å². The Hall–Kier alpha value is -2.26. The summed E-state index contributed by atoms with van der Waals surface area (Å²) in [5, 5.41) is 25.0. The molecule has 0 bridgehead atoms. The zero-order chi connectivity index (χ0) is 22.5. The number of amides is 1. The number of aliphatic hydroxyl groups is 1. The highest BCUT2D eigenvalue weighted by Crippen LogP contribution is 2.58. The highest BCUT2D eigenvalue weighted by atomic mass is 35.5. The van der Waals surface area contributed by atoms with Gasteiger partial charge in [0, 0.05) is 33.4 Å². The van der Waals surface area contributed by atoms with Crippen molar-refractivity contribution < 1.29 is 19.2 Å². The maximum absolute atomic E-state index is 15.3. The molecule has 2 N–H and O–H groups in total. The molecule has 4 rings (SSSR count). The number of nitro groups is 1. The molecule has 4 atom stereocenters. The molecule has 10 heteroatoms.